The van der Waals surface area contributed by atoms with Crippen molar-refractivity contribution >= 4 is 11.9 Å². The second-order valence-corrected chi connectivity index (χ2v) is 7.24. The van der Waals surface area contributed by atoms with Crippen molar-refractivity contribution in [2.75, 3.05) is 39.8 Å². The molecule has 0 radical (unpaired) electrons. The summed E-state index contributed by atoms with van der Waals surface area (Å²) in [5.41, 5.74) is 0. The number of aliphatic imine (C=N–C) groups is 1. The number of rotatable bonds is 9. The van der Waals surface area contributed by atoms with Gasteiger partial charge in [0, 0.05) is 39.1 Å². The highest BCUT2D eigenvalue weighted by Crippen LogP contribution is 2.16. The molecule has 1 rings (SSSR count). The van der Waals surface area contributed by atoms with Crippen LogP contribution >= 0.6 is 0 Å². The molecule has 0 spiro atoms. The van der Waals surface area contributed by atoms with Crippen molar-refractivity contribution in [1.29, 1.82) is 0 Å². The largest absolute Gasteiger partial charge is 0.356 e. The maximum atomic E-state index is 11.6. The third-order valence-corrected chi connectivity index (χ3v) is 4.80. The standard InChI is InChI=1S/C19H39N5O/c1-5-11-21-18(25)10-12-22-19(20-4)23-15-17(16(2)3)24-13-8-6-7-9-14-24/h16-17H,5-15H2,1-4H3,(H,21,25)(H2,20,22,23). The fourth-order valence-corrected chi connectivity index (χ4v) is 3.28. The van der Waals surface area contributed by atoms with Crippen molar-refractivity contribution in [3.8, 4) is 0 Å². The normalized spacial score (nSPS) is 17.9. The van der Waals surface area contributed by atoms with Gasteiger partial charge in [-0.1, -0.05) is 33.6 Å². The van der Waals surface area contributed by atoms with E-state index in [-0.39, 0.29) is 5.91 Å². The second-order valence-electron chi connectivity index (χ2n) is 7.24. The maximum Gasteiger partial charge on any atom is 0.221 e. The molecule has 6 nitrogen and oxygen atoms in total. The van der Waals surface area contributed by atoms with Crippen molar-refractivity contribution in [3.05, 3.63) is 0 Å². The van der Waals surface area contributed by atoms with Gasteiger partial charge in [-0.05, 0) is 38.3 Å². The third kappa shape index (κ3) is 9.10. The van der Waals surface area contributed by atoms with E-state index in [0.717, 1.165) is 25.5 Å². The zero-order chi connectivity index (χ0) is 18.5. The molecular formula is C19H39N5O. The average molecular weight is 354 g/mol. The Labute approximate surface area is 154 Å². The van der Waals surface area contributed by atoms with Crippen LogP contribution in [0.2, 0.25) is 0 Å². The molecule has 0 aromatic heterocycles. The molecule has 25 heavy (non-hydrogen) atoms. The van der Waals surface area contributed by atoms with Crippen molar-refractivity contribution in [2.24, 2.45) is 10.9 Å². The van der Waals surface area contributed by atoms with Gasteiger partial charge in [0.2, 0.25) is 5.91 Å². The first kappa shape index (κ1) is 21.7. The Hall–Kier alpha value is -1.30. The van der Waals surface area contributed by atoms with Gasteiger partial charge in [0.15, 0.2) is 5.96 Å². The van der Waals surface area contributed by atoms with Crippen LogP contribution in [0.15, 0.2) is 4.99 Å². The van der Waals surface area contributed by atoms with Crippen LogP contribution in [0.4, 0.5) is 0 Å². The molecule has 0 saturated carbocycles. The Bertz CT molecular complexity index is 389. The van der Waals surface area contributed by atoms with Gasteiger partial charge >= 0.3 is 0 Å². The lowest BCUT2D eigenvalue weighted by molar-refractivity contribution is -0.120. The summed E-state index contributed by atoms with van der Waals surface area (Å²) < 4.78 is 0. The summed E-state index contributed by atoms with van der Waals surface area (Å²) in [4.78, 5) is 18.6. The topological polar surface area (TPSA) is 68.8 Å². The molecule has 6 heteroatoms. The summed E-state index contributed by atoms with van der Waals surface area (Å²) >= 11 is 0. The zero-order valence-corrected chi connectivity index (χ0v) is 16.7. The van der Waals surface area contributed by atoms with Crippen LogP contribution in [0.1, 0.15) is 59.3 Å². The van der Waals surface area contributed by atoms with Crippen LogP contribution in [0.5, 0.6) is 0 Å². The zero-order valence-electron chi connectivity index (χ0n) is 16.7. The van der Waals surface area contributed by atoms with E-state index in [0.29, 0.717) is 24.9 Å². The summed E-state index contributed by atoms with van der Waals surface area (Å²) in [6.07, 6.45) is 6.78. The molecular weight excluding hydrogens is 314 g/mol. The minimum atomic E-state index is 0.0921. The number of hydrogen-bond donors (Lipinski definition) is 3. The predicted molar refractivity (Wildman–Crippen MR) is 106 cm³/mol. The van der Waals surface area contributed by atoms with Gasteiger partial charge in [-0.15, -0.1) is 0 Å². The molecule has 0 aliphatic carbocycles. The Morgan fingerprint density at radius 2 is 1.72 bits per heavy atom. The fraction of sp³-hybridized carbons (Fsp3) is 0.895. The van der Waals surface area contributed by atoms with Crippen LogP contribution in [-0.4, -0.2) is 62.6 Å². The van der Waals surface area contributed by atoms with Gasteiger partial charge in [0.1, 0.15) is 0 Å². The molecule has 1 aliphatic heterocycles. The van der Waals surface area contributed by atoms with E-state index >= 15 is 0 Å². The van der Waals surface area contributed by atoms with E-state index in [9.17, 15) is 4.79 Å². The van der Waals surface area contributed by atoms with Gasteiger partial charge < -0.3 is 16.0 Å². The average Bonchev–Trinajstić information content (AvgIpc) is 2.87. The van der Waals surface area contributed by atoms with Crippen molar-refractivity contribution < 1.29 is 4.79 Å². The summed E-state index contributed by atoms with van der Waals surface area (Å²) in [6.45, 7) is 11.3. The number of guanidine groups is 1. The quantitative estimate of drug-likeness (QED) is 0.438. The molecule has 0 aromatic rings. The lowest BCUT2D eigenvalue weighted by atomic mass is 10.0. The van der Waals surface area contributed by atoms with Gasteiger partial charge in [-0.3, -0.25) is 14.7 Å². The summed E-state index contributed by atoms with van der Waals surface area (Å²) in [7, 11) is 1.78. The first-order valence-electron chi connectivity index (χ1n) is 10.0. The third-order valence-electron chi connectivity index (χ3n) is 4.80. The van der Waals surface area contributed by atoms with Crippen molar-refractivity contribution in [2.45, 2.75) is 65.3 Å². The Kier molecular flexibility index (Phi) is 11.3. The van der Waals surface area contributed by atoms with Crippen LogP contribution in [0, 0.1) is 5.92 Å². The number of hydrogen-bond acceptors (Lipinski definition) is 3. The second kappa shape index (κ2) is 13.0. The van der Waals surface area contributed by atoms with E-state index in [2.05, 4.69) is 46.6 Å². The molecule has 1 heterocycles. The maximum absolute atomic E-state index is 11.6. The number of carbonyl (C=O) groups excluding carboxylic acids is 1. The van der Waals surface area contributed by atoms with Crippen LogP contribution in [0.25, 0.3) is 0 Å². The molecule has 1 atom stereocenters. The SMILES string of the molecule is CCCNC(=O)CCNC(=NC)NCC(C(C)C)N1CCCCCC1. The number of nitrogens with zero attached hydrogens (tertiary/aromatic N) is 2. The van der Waals surface area contributed by atoms with E-state index in [4.69, 9.17) is 0 Å². The fourth-order valence-electron chi connectivity index (χ4n) is 3.28. The van der Waals surface area contributed by atoms with Crippen LogP contribution < -0.4 is 16.0 Å². The number of likely N-dealkylation sites (tertiary alicyclic amines) is 1. The lowest BCUT2D eigenvalue weighted by Gasteiger charge is -2.34. The minimum absolute atomic E-state index is 0.0921. The molecule has 1 aliphatic rings. The molecule has 0 aromatic carbocycles. The van der Waals surface area contributed by atoms with Crippen LogP contribution in [0.3, 0.4) is 0 Å². The molecule has 1 unspecified atom stereocenters. The highest BCUT2D eigenvalue weighted by Gasteiger charge is 2.22. The number of amides is 1. The van der Waals surface area contributed by atoms with Gasteiger partial charge in [-0.25, -0.2) is 0 Å². The van der Waals surface area contributed by atoms with Crippen molar-refractivity contribution in [1.82, 2.24) is 20.9 Å². The summed E-state index contributed by atoms with van der Waals surface area (Å²) in [6, 6.07) is 0.518. The van der Waals surface area contributed by atoms with E-state index in [1.165, 1.54) is 38.8 Å². The van der Waals surface area contributed by atoms with E-state index in [1.54, 1.807) is 7.05 Å². The lowest BCUT2D eigenvalue weighted by Crippen LogP contribution is -2.50. The smallest absolute Gasteiger partial charge is 0.221 e. The predicted octanol–water partition coefficient (Wildman–Crippen LogP) is 1.97. The Morgan fingerprint density at radius 3 is 2.28 bits per heavy atom. The first-order chi connectivity index (χ1) is 12.1. The summed E-state index contributed by atoms with van der Waals surface area (Å²) in [5, 5.41) is 9.59. The Balaban J connectivity index is 2.38. The molecule has 3 N–H and O–H groups in total. The Morgan fingerprint density at radius 1 is 1.04 bits per heavy atom. The number of nitrogens with one attached hydrogen (secondary N) is 3. The molecule has 0 bridgehead atoms. The van der Waals surface area contributed by atoms with Gasteiger partial charge in [-0.2, -0.15) is 0 Å². The summed E-state index contributed by atoms with van der Waals surface area (Å²) in [5.74, 6) is 1.47. The molecule has 1 amide bonds. The highest BCUT2D eigenvalue weighted by atomic mass is 16.1. The van der Waals surface area contributed by atoms with Crippen LogP contribution in [-0.2, 0) is 4.79 Å². The highest BCUT2D eigenvalue weighted by molar-refractivity contribution is 5.81. The molecule has 1 saturated heterocycles. The van der Waals surface area contributed by atoms with Crippen molar-refractivity contribution in [3.63, 3.8) is 0 Å². The minimum Gasteiger partial charge on any atom is -0.356 e. The molecule has 146 valence electrons. The molecule has 1 fully saturated rings. The van der Waals surface area contributed by atoms with Gasteiger partial charge in [0.05, 0.1) is 0 Å². The van der Waals surface area contributed by atoms with Gasteiger partial charge in [0.25, 0.3) is 0 Å². The van der Waals surface area contributed by atoms with E-state index in [1.807, 2.05) is 0 Å². The van der Waals surface area contributed by atoms with E-state index < -0.39 is 0 Å². The number of carbonyl (C=O) groups is 1. The first-order valence-corrected chi connectivity index (χ1v) is 10.0. The monoisotopic (exact) mass is 353 g/mol.